The number of nitrogens with one attached hydrogen (secondary N) is 2. The first-order chi connectivity index (χ1) is 10.6. The number of carbonyl (C=O) groups is 1. The van der Waals surface area contributed by atoms with E-state index < -0.39 is 0 Å². The van der Waals surface area contributed by atoms with Crippen LogP contribution in [-0.4, -0.2) is 17.6 Å². The molecule has 1 amide bonds. The molecule has 0 spiro atoms. The van der Waals surface area contributed by atoms with Crippen LogP contribution in [0.3, 0.4) is 0 Å². The molecule has 0 heterocycles. The molecule has 1 unspecified atom stereocenters. The number of hydrogen-bond acceptors (Lipinski definition) is 3. The fourth-order valence-electron chi connectivity index (χ4n) is 1.89. The lowest BCUT2D eigenvalue weighted by atomic mass is 10.1. The number of ether oxygens (including phenoxy) is 1. The van der Waals surface area contributed by atoms with Crippen LogP contribution in [0.5, 0.6) is 5.75 Å². The van der Waals surface area contributed by atoms with Gasteiger partial charge in [0.2, 0.25) is 0 Å². The highest BCUT2D eigenvalue weighted by molar-refractivity contribution is 7.80. The molecule has 0 radical (unpaired) electrons. The Bertz CT molecular complexity index is 617. The van der Waals surface area contributed by atoms with Gasteiger partial charge in [-0.05, 0) is 36.8 Å². The highest BCUT2D eigenvalue weighted by atomic mass is 32.1. The summed E-state index contributed by atoms with van der Waals surface area (Å²) in [7, 11) is 0. The van der Waals surface area contributed by atoms with E-state index in [1.54, 1.807) is 12.1 Å². The van der Waals surface area contributed by atoms with Gasteiger partial charge in [-0.25, -0.2) is 0 Å². The predicted octanol–water partition coefficient (Wildman–Crippen LogP) is 2.82. The van der Waals surface area contributed by atoms with Crippen LogP contribution in [0.1, 0.15) is 18.5 Å². The first-order valence-electron chi connectivity index (χ1n) is 6.98. The fourth-order valence-corrected chi connectivity index (χ4v) is 2.18. The lowest BCUT2D eigenvalue weighted by molar-refractivity contribution is -0.121. The van der Waals surface area contributed by atoms with Gasteiger partial charge in [-0.3, -0.25) is 4.79 Å². The summed E-state index contributed by atoms with van der Waals surface area (Å²) in [6, 6.07) is 19.1. The van der Waals surface area contributed by atoms with Crippen molar-refractivity contribution in [3.8, 4) is 5.75 Å². The van der Waals surface area contributed by atoms with E-state index in [0.717, 1.165) is 5.56 Å². The van der Waals surface area contributed by atoms with Crippen LogP contribution in [0.4, 0.5) is 0 Å². The number of para-hydroxylation sites is 1. The number of benzene rings is 2. The predicted molar refractivity (Wildman–Crippen MR) is 90.7 cm³/mol. The molecule has 114 valence electrons. The van der Waals surface area contributed by atoms with E-state index in [-0.39, 0.29) is 23.7 Å². The van der Waals surface area contributed by atoms with Crippen molar-refractivity contribution in [1.29, 1.82) is 0 Å². The zero-order chi connectivity index (χ0) is 15.8. The molecule has 2 N–H and O–H groups in total. The molecule has 0 saturated carbocycles. The fraction of sp³-hybridized carbons (Fsp3) is 0.176. The second-order valence-electron chi connectivity index (χ2n) is 4.76. The number of hydrogen-bond donors (Lipinski definition) is 2. The van der Waals surface area contributed by atoms with Gasteiger partial charge in [-0.15, -0.1) is 0 Å². The zero-order valence-electron chi connectivity index (χ0n) is 12.3. The van der Waals surface area contributed by atoms with Gasteiger partial charge in [0.15, 0.2) is 11.7 Å². The normalized spacial score (nSPS) is 11.3. The summed E-state index contributed by atoms with van der Waals surface area (Å²) in [6.07, 6.45) is 0. The zero-order valence-corrected chi connectivity index (χ0v) is 13.1. The second-order valence-corrected chi connectivity index (χ2v) is 5.16. The highest BCUT2D eigenvalue weighted by Crippen LogP contribution is 2.10. The molecule has 22 heavy (non-hydrogen) atoms. The summed E-state index contributed by atoms with van der Waals surface area (Å²) < 4.78 is 5.36. The smallest absolute Gasteiger partial charge is 0.264 e. The van der Waals surface area contributed by atoms with E-state index in [1.807, 2.05) is 55.5 Å². The van der Waals surface area contributed by atoms with Crippen LogP contribution in [0, 0.1) is 0 Å². The van der Waals surface area contributed by atoms with Crippen molar-refractivity contribution in [2.75, 3.05) is 6.61 Å². The van der Waals surface area contributed by atoms with Gasteiger partial charge in [0, 0.05) is 0 Å². The minimum absolute atomic E-state index is 0.0176. The van der Waals surface area contributed by atoms with Crippen molar-refractivity contribution in [3.05, 3.63) is 66.2 Å². The van der Waals surface area contributed by atoms with Gasteiger partial charge in [0.25, 0.3) is 5.91 Å². The van der Waals surface area contributed by atoms with Crippen LogP contribution < -0.4 is 15.4 Å². The maximum Gasteiger partial charge on any atom is 0.264 e. The Morgan fingerprint density at radius 2 is 1.68 bits per heavy atom. The molecular formula is C17H18N2O2S. The van der Waals surface area contributed by atoms with Gasteiger partial charge in [-0.2, -0.15) is 0 Å². The molecule has 2 aromatic rings. The van der Waals surface area contributed by atoms with Crippen molar-refractivity contribution in [2.24, 2.45) is 0 Å². The van der Waals surface area contributed by atoms with E-state index in [9.17, 15) is 4.79 Å². The second kappa shape index (κ2) is 8.14. The average molecular weight is 314 g/mol. The molecule has 0 aliphatic carbocycles. The molecule has 0 aliphatic heterocycles. The highest BCUT2D eigenvalue weighted by Gasteiger charge is 2.09. The lowest BCUT2D eigenvalue weighted by Crippen LogP contribution is -2.42. The van der Waals surface area contributed by atoms with Crippen LogP contribution in [0.25, 0.3) is 0 Å². The first-order valence-corrected chi connectivity index (χ1v) is 7.39. The molecule has 2 aromatic carbocycles. The quantitative estimate of drug-likeness (QED) is 0.833. The maximum absolute atomic E-state index is 11.8. The Labute approximate surface area is 135 Å². The van der Waals surface area contributed by atoms with Crippen molar-refractivity contribution in [3.63, 3.8) is 0 Å². The van der Waals surface area contributed by atoms with Crippen molar-refractivity contribution in [2.45, 2.75) is 13.0 Å². The van der Waals surface area contributed by atoms with E-state index in [2.05, 4.69) is 10.6 Å². The summed E-state index contributed by atoms with van der Waals surface area (Å²) in [5.74, 6) is 0.357. The summed E-state index contributed by atoms with van der Waals surface area (Å²) in [4.78, 5) is 11.8. The molecule has 4 nitrogen and oxygen atoms in total. The first kappa shape index (κ1) is 16.0. The van der Waals surface area contributed by atoms with Crippen LogP contribution in [0.15, 0.2) is 60.7 Å². The summed E-state index contributed by atoms with van der Waals surface area (Å²) in [6.45, 7) is 1.90. The van der Waals surface area contributed by atoms with E-state index in [1.165, 1.54) is 0 Å². The van der Waals surface area contributed by atoms with E-state index >= 15 is 0 Å². The number of rotatable bonds is 5. The molecule has 0 aliphatic rings. The number of thiocarbonyl (C=S) groups is 1. The number of amides is 1. The minimum Gasteiger partial charge on any atom is -0.484 e. The van der Waals surface area contributed by atoms with Crippen molar-refractivity contribution >= 4 is 23.2 Å². The Kier molecular flexibility index (Phi) is 5.91. The molecule has 5 heteroatoms. The van der Waals surface area contributed by atoms with Gasteiger partial charge >= 0.3 is 0 Å². The molecule has 1 atom stereocenters. The van der Waals surface area contributed by atoms with Crippen molar-refractivity contribution < 1.29 is 9.53 Å². The molecule has 2 rings (SSSR count). The van der Waals surface area contributed by atoms with E-state index in [0.29, 0.717) is 5.75 Å². The summed E-state index contributed by atoms with van der Waals surface area (Å²) in [5.41, 5.74) is 1.10. The largest absolute Gasteiger partial charge is 0.484 e. The number of carbonyl (C=O) groups excluding carboxylic acids is 1. The third-order valence-corrected chi connectivity index (χ3v) is 3.23. The molecule has 0 saturated heterocycles. The summed E-state index contributed by atoms with van der Waals surface area (Å²) in [5, 5.41) is 5.97. The van der Waals surface area contributed by atoms with Gasteiger partial charge in [-0.1, -0.05) is 48.5 Å². The van der Waals surface area contributed by atoms with Crippen LogP contribution in [0.2, 0.25) is 0 Å². The Hall–Kier alpha value is -2.40. The SMILES string of the molecule is CC(NC(=S)NC(=O)COc1ccccc1)c1ccccc1. The Balaban J connectivity index is 1.75. The van der Waals surface area contributed by atoms with Crippen molar-refractivity contribution in [1.82, 2.24) is 10.6 Å². The molecule has 0 aromatic heterocycles. The van der Waals surface area contributed by atoms with Gasteiger partial charge < -0.3 is 15.4 Å². The molecular weight excluding hydrogens is 296 g/mol. The lowest BCUT2D eigenvalue weighted by Gasteiger charge is -2.16. The molecule has 0 bridgehead atoms. The van der Waals surface area contributed by atoms with Crippen LogP contribution in [-0.2, 0) is 4.79 Å². The average Bonchev–Trinajstić information content (AvgIpc) is 2.54. The third-order valence-electron chi connectivity index (χ3n) is 3.01. The van der Waals surface area contributed by atoms with Gasteiger partial charge in [0.1, 0.15) is 5.75 Å². The topological polar surface area (TPSA) is 50.4 Å². The van der Waals surface area contributed by atoms with E-state index in [4.69, 9.17) is 17.0 Å². The third kappa shape index (κ3) is 5.18. The Morgan fingerprint density at radius 1 is 1.09 bits per heavy atom. The van der Waals surface area contributed by atoms with Gasteiger partial charge in [0.05, 0.1) is 6.04 Å². The minimum atomic E-state index is -0.290. The maximum atomic E-state index is 11.8. The monoisotopic (exact) mass is 314 g/mol. The standard InChI is InChI=1S/C17H18N2O2S/c1-13(14-8-4-2-5-9-14)18-17(22)19-16(20)12-21-15-10-6-3-7-11-15/h2-11,13H,12H2,1H3,(H2,18,19,20,22). The summed E-state index contributed by atoms with van der Waals surface area (Å²) >= 11 is 5.14. The van der Waals surface area contributed by atoms with Crippen LogP contribution >= 0.6 is 12.2 Å². The Morgan fingerprint density at radius 3 is 2.32 bits per heavy atom. The molecule has 0 fully saturated rings.